The number of benzene rings is 1. The number of rotatable bonds is 5. The second-order valence-electron chi connectivity index (χ2n) is 5.92. The summed E-state index contributed by atoms with van der Waals surface area (Å²) in [5, 5.41) is 0. The lowest BCUT2D eigenvalue weighted by molar-refractivity contribution is -0.917. The molecule has 1 saturated heterocycles. The third-order valence-corrected chi connectivity index (χ3v) is 6.27. The molecule has 1 aromatic heterocycles. The van der Waals surface area contributed by atoms with Gasteiger partial charge in [-0.15, -0.1) is 0 Å². The van der Waals surface area contributed by atoms with E-state index in [1.807, 2.05) is 18.5 Å². The molecule has 2 heterocycles. The predicted molar refractivity (Wildman–Crippen MR) is 89.2 cm³/mol. The van der Waals surface area contributed by atoms with Crippen molar-refractivity contribution in [1.82, 2.24) is 4.31 Å². The molecule has 2 aromatic rings. The highest BCUT2D eigenvalue weighted by molar-refractivity contribution is 7.89. The number of H-pyrrole nitrogens is 1. The summed E-state index contributed by atoms with van der Waals surface area (Å²) in [7, 11) is -1.86. The van der Waals surface area contributed by atoms with E-state index in [0.29, 0.717) is 23.7 Å². The Balaban J connectivity index is 1.62. The Hall–Kier alpha value is -1.96. The molecule has 128 valence electrons. The first-order chi connectivity index (χ1) is 11.6. The fourth-order valence-corrected chi connectivity index (χ4v) is 4.39. The molecule has 0 radical (unpaired) electrons. The van der Waals surface area contributed by atoms with Crippen molar-refractivity contribution in [2.75, 3.05) is 33.3 Å². The van der Waals surface area contributed by atoms with Crippen LogP contribution in [0.1, 0.15) is 5.56 Å². The van der Waals surface area contributed by atoms with Crippen LogP contribution in [0.25, 0.3) is 0 Å². The number of hydrogen-bond acceptors (Lipinski definition) is 3. The van der Waals surface area contributed by atoms with Crippen molar-refractivity contribution in [3.05, 3.63) is 54.4 Å². The van der Waals surface area contributed by atoms with Crippen molar-refractivity contribution in [2.45, 2.75) is 11.4 Å². The van der Waals surface area contributed by atoms with E-state index in [1.165, 1.54) is 10.5 Å². The van der Waals surface area contributed by atoms with Gasteiger partial charge in [0, 0.05) is 6.07 Å². The van der Waals surface area contributed by atoms with Gasteiger partial charge in [-0.25, -0.2) is 13.4 Å². The summed E-state index contributed by atoms with van der Waals surface area (Å²) in [6.07, 6.45) is 3.88. The summed E-state index contributed by atoms with van der Waals surface area (Å²) in [4.78, 5) is 4.81. The average Bonchev–Trinajstić information content (AvgIpc) is 2.63. The van der Waals surface area contributed by atoms with Crippen LogP contribution in [0.15, 0.2) is 53.7 Å². The summed E-state index contributed by atoms with van der Waals surface area (Å²) in [6, 6.07) is 10.6. The summed E-state index contributed by atoms with van der Waals surface area (Å²) in [5.41, 5.74) is 1.24. The van der Waals surface area contributed by atoms with Crippen molar-refractivity contribution in [1.29, 1.82) is 0 Å². The highest BCUT2D eigenvalue weighted by Gasteiger charge is 2.30. The Labute approximate surface area is 142 Å². The minimum atomic E-state index is -3.43. The largest absolute Gasteiger partial charge is 0.497 e. The predicted octanol–water partition coefficient (Wildman–Crippen LogP) is -0.401. The smallest absolute Gasteiger partial charge is 0.243 e. The molecule has 1 fully saturated rings. The van der Waals surface area contributed by atoms with Gasteiger partial charge >= 0.3 is 0 Å². The minimum absolute atomic E-state index is 0.324. The van der Waals surface area contributed by atoms with Crippen LogP contribution in [0.5, 0.6) is 5.75 Å². The normalized spacial score (nSPS) is 16.9. The molecule has 0 atom stereocenters. The van der Waals surface area contributed by atoms with Gasteiger partial charge in [-0.2, -0.15) is 4.31 Å². The van der Waals surface area contributed by atoms with Gasteiger partial charge in [0.1, 0.15) is 12.3 Å². The molecule has 0 spiro atoms. The molecule has 0 bridgehead atoms. The first-order valence-corrected chi connectivity index (χ1v) is 9.46. The number of sulfonamides is 1. The number of aromatic nitrogens is 1. The number of nitrogens with one attached hydrogen (secondary N) is 2. The standard InChI is InChI=1S/C17H21N3O3S/c1-23-16-4-6-17(7-5-16)24(21,22)20-11-9-19(10-12-20)14-15-3-2-8-18-13-15/h2-8,13H,9-12,14H2,1H3/p+2. The lowest BCUT2D eigenvalue weighted by Gasteiger charge is -2.31. The van der Waals surface area contributed by atoms with Crippen molar-refractivity contribution < 1.29 is 23.0 Å². The first kappa shape index (κ1) is 16.9. The Kier molecular flexibility index (Phi) is 5.13. The average molecular weight is 349 g/mol. The van der Waals surface area contributed by atoms with E-state index >= 15 is 0 Å². The van der Waals surface area contributed by atoms with Gasteiger partial charge in [-0.05, 0) is 30.3 Å². The van der Waals surface area contributed by atoms with Gasteiger partial charge in [0.05, 0.1) is 43.7 Å². The first-order valence-electron chi connectivity index (χ1n) is 8.02. The summed E-state index contributed by atoms with van der Waals surface area (Å²) < 4.78 is 32.1. The zero-order chi connectivity index (χ0) is 17.0. The van der Waals surface area contributed by atoms with Gasteiger partial charge < -0.3 is 9.64 Å². The summed E-state index contributed by atoms with van der Waals surface area (Å²) >= 11 is 0. The van der Waals surface area contributed by atoms with Crippen molar-refractivity contribution >= 4 is 10.0 Å². The van der Waals surface area contributed by atoms with E-state index in [-0.39, 0.29) is 0 Å². The molecule has 0 saturated carbocycles. The quantitative estimate of drug-likeness (QED) is 0.799. The van der Waals surface area contributed by atoms with Crippen LogP contribution in [0.3, 0.4) is 0 Å². The van der Waals surface area contributed by atoms with Gasteiger partial charge in [0.25, 0.3) is 0 Å². The third-order valence-electron chi connectivity index (χ3n) is 4.35. The molecular formula is C17H23N3O3S+2. The van der Waals surface area contributed by atoms with Gasteiger partial charge in [-0.1, -0.05) is 0 Å². The van der Waals surface area contributed by atoms with E-state index in [2.05, 4.69) is 11.1 Å². The molecule has 24 heavy (non-hydrogen) atoms. The summed E-state index contributed by atoms with van der Waals surface area (Å²) in [5.74, 6) is 0.655. The monoisotopic (exact) mass is 349 g/mol. The third kappa shape index (κ3) is 3.75. The maximum Gasteiger partial charge on any atom is 0.243 e. The van der Waals surface area contributed by atoms with Crippen LogP contribution in [-0.4, -0.2) is 46.0 Å². The maximum absolute atomic E-state index is 12.7. The van der Waals surface area contributed by atoms with Gasteiger partial charge in [0.2, 0.25) is 10.0 Å². The van der Waals surface area contributed by atoms with Crippen LogP contribution < -0.4 is 14.6 Å². The van der Waals surface area contributed by atoms with E-state index in [9.17, 15) is 8.42 Å². The van der Waals surface area contributed by atoms with E-state index in [1.54, 1.807) is 35.7 Å². The van der Waals surface area contributed by atoms with Gasteiger partial charge in [-0.3, -0.25) is 0 Å². The molecule has 6 nitrogen and oxygen atoms in total. The number of quaternary nitrogens is 1. The Bertz CT molecular complexity index is 755. The van der Waals surface area contributed by atoms with Crippen LogP contribution in [0.2, 0.25) is 0 Å². The molecular weight excluding hydrogens is 326 g/mol. The van der Waals surface area contributed by atoms with Crippen LogP contribution >= 0.6 is 0 Å². The van der Waals surface area contributed by atoms with E-state index in [4.69, 9.17) is 4.74 Å². The Morgan fingerprint density at radius 3 is 2.46 bits per heavy atom. The molecule has 1 aromatic carbocycles. The van der Waals surface area contributed by atoms with Crippen molar-refractivity contribution in [3.8, 4) is 5.75 Å². The number of methoxy groups -OCH3 is 1. The molecule has 0 aliphatic carbocycles. The Morgan fingerprint density at radius 2 is 1.88 bits per heavy atom. The zero-order valence-electron chi connectivity index (χ0n) is 13.7. The topological polar surface area (TPSA) is 65.2 Å². The molecule has 1 aliphatic rings. The number of piperazine rings is 1. The minimum Gasteiger partial charge on any atom is -0.497 e. The van der Waals surface area contributed by atoms with Crippen LogP contribution in [-0.2, 0) is 16.6 Å². The molecule has 1 aliphatic heterocycles. The summed E-state index contributed by atoms with van der Waals surface area (Å²) in [6.45, 7) is 3.61. The van der Waals surface area contributed by atoms with Crippen molar-refractivity contribution in [3.63, 3.8) is 0 Å². The highest BCUT2D eigenvalue weighted by Crippen LogP contribution is 2.19. The maximum atomic E-state index is 12.7. The number of pyridine rings is 1. The molecule has 0 amide bonds. The Morgan fingerprint density at radius 1 is 1.17 bits per heavy atom. The lowest BCUT2D eigenvalue weighted by Crippen LogP contribution is -3.13. The number of nitrogens with zero attached hydrogens (tertiary/aromatic N) is 1. The molecule has 2 N–H and O–H groups in total. The molecule has 3 rings (SSSR count). The van der Waals surface area contributed by atoms with Gasteiger partial charge in [0.15, 0.2) is 12.4 Å². The second-order valence-corrected chi connectivity index (χ2v) is 7.86. The molecule has 7 heteroatoms. The number of ether oxygens (including phenoxy) is 1. The molecule has 0 unspecified atom stereocenters. The van der Waals surface area contributed by atoms with E-state index < -0.39 is 10.0 Å². The SMILES string of the molecule is COc1ccc(S(=O)(=O)N2CC[NH+](Cc3ccc[nH+]c3)CC2)cc1. The van der Waals surface area contributed by atoms with E-state index in [0.717, 1.165) is 19.6 Å². The van der Waals surface area contributed by atoms with Crippen molar-refractivity contribution in [2.24, 2.45) is 0 Å². The number of hydrogen-bond donors (Lipinski definition) is 1. The van der Waals surface area contributed by atoms with Crippen LogP contribution in [0, 0.1) is 0 Å². The number of aromatic amines is 1. The fraction of sp³-hybridized carbons (Fsp3) is 0.353. The lowest BCUT2D eigenvalue weighted by atomic mass is 10.2. The highest BCUT2D eigenvalue weighted by atomic mass is 32.2. The second kappa shape index (κ2) is 7.29. The van der Waals surface area contributed by atoms with Crippen LogP contribution in [0.4, 0.5) is 0 Å². The zero-order valence-corrected chi connectivity index (χ0v) is 14.6. The fourth-order valence-electron chi connectivity index (χ4n) is 2.95.